The number of carbonyl (C=O) groups excluding carboxylic acids is 1. The molecule has 16 heavy (non-hydrogen) atoms. The molecular weight excluding hydrogens is 238 g/mol. The molecule has 0 aliphatic rings. The van der Waals surface area contributed by atoms with Gasteiger partial charge in [-0.15, -0.1) is 0 Å². The molecule has 0 spiro atoms. The van der Waals surface area contributed by atoms with Gasteiger partial charge in [0.05, 0.1) is 11.7 Å². The molecule has 0 aliphatic heterocycles. The van der Waals surface area contributed by atoms with E-state index in [1.807, 2.05) is 0 Å². The second kappa shape index (κ2) is 6.44. The molecule has 8 heteroatoms. The summed E-state index contributed by atoms with van der Waals surface area (Å²) in [5, 5.41) is 10.8. The van der Waals surface area contributed by atoms with Crippen molar-refractivity contribution in [3.8, 4) is 0 Å². The number of carboxylic acid groups (broad SMARTS) is 1. The van der Waals surface area contributed by atoms with Gasteiger partial charge >= 0.3 is 5.97 Å². The van der Waals surface area contributed by atoms with Gasteiger partial charge in [-0.25, -0.2) is 0 Å². The second-order valence-electron chi connectivity index (χ2n) is 3.41. The quantitative estimate of drug-likeness (QED) is 0.525. The monoisotopic (exact) mass is 253 g/mol. The molecular formula is C8H15NO6S. The molecule has 0 saturated carbocycles. The van der Waals surface area contributed by atoms with Crippen LogP contribution in [0.2, 0.25) is 0 Å². The SMILES string of the molecule is C[C@H](CCC(=O)NCCS(=O)(=O)O)C(=O)O. The maximum absolute atomic E-state index is 11.1. The van der Waals surface area contributed by atoms with E-state index in [9.17, 15) is 18.0 Å². The number of aliphatic carboxylic acids is 1. The van der Waals surface area contributed by atoms with Crippen LogP contribution < -0.4 is 5.32 Å². The Bertz CT molecular complexity index is 350. The molecule has 0 unspecified atom stereocenters. The zero-order chi connectivity index (χ0) is 12.8. The molecule has 7 nitrogen and oxygen atoms in total. The van der Waals surface area contributed by atoms with Crippen LogP contribution in [-0.2, 0) is 19.7 Å². The van der Waals surface area contributed by atoms with Crippen LogP contribution in [0.4, 0.5) is 0 Å². The summed E-state index contributed by atoms with van der Waals surface area (Å²) in [5.41, 5.74) is 0. The number of hydrogen-bond donors (Lipinski definition) is 3. The highest BCUT2D eigenvalue weighted by Gasteiger charge is 2.13. The van der Waals surface area contributed by atoms with E-state index in [1.54, 1.807) is 0 Å². The van der Waals surface area contributed by atoms with Gasteiger partial charge in [0.1, 0.15) is 0 Å². The highest BCUT2D eigenvalue weighted by atomic mass is 32.2. The Morgan fingerprint density at radius 1 is 1.38 bits per heavy atom. The summed E-state index contributed by atoms with van der Waals surface area (Å²) >= 11 is 0. The summed E-state index contributed by atoms with van der Waals surface area (Å²) in [6.45, 7) is 1.30. The van der Waals surface area contributed by atoms with Gasteiger partial charge < -0.3 is 10.4 Å². The van der Waals surface area contributed by atoms with E-state index in [0.717, 1.165) is 0 Å². The van der Waals surface area contributed by atoms with Gasteiger partial charge in [0, 0.05) is 13.0 Å². The summed E-state index contributed by atoms with van der Waals surface area (Å²) in [7, 11) is -4.07. The van der Waals surface area contributed by atoms with Crippen molar-refractivity contribution in [2.45, 2.75) is 19.8 Å². The van der Waals surface area contributed by atoms with Crippen molar-refractivity contribution in [2.75, 3.05) is 12.3 Å². The molecule has 0 fully saturated rings. The average molecular weight is 253 g/mol. The van der Waals surface area contributed by atoms with Crippen LogP contribution in [0.1, 0.15) is 19.8 Å². The molecule has 0 saturated heterocycles. The molecule has 0 radical (unpaired) electrons. The molecule has 0 bridgehead atoms. The summed E-state index contributed by atoms with van der Waals surface area (Å²) in [4.78, 5) is 21.5. The molecule has 0 aromatic heterocycles. The zero-order valence-electron chi connectivity index (χ0n) is 8.84. The van der Waals surface area contributed by atoms with Gasteiger partial charge in [-0.3, -0.25) is 14.1 Å². The summed E-state index contributed by atoms with van der Waals surface area (Å²) in [6.07, 6.45) is 0.200. The van der Waals surface area contributed by atoms with Crippen LogP contribution in [0.5, 0.6) is 0 Å². The Hall–Kier alpha value is -1.15. The van der Waals surface area contributed by atoms with Gasteiger partial charge in [0.15, 0.2) is 0 Å². The van der Waals surface area contributed by atoms with Crippen LogP contribution in [0.3, 0.4) is 0 Å². The first-order chi connectivity index (χ1) is 7.22. The minimum atomic E-state index is -4.07. The molecule has 1 amide bonds. The van der Waals surface area contributed by atoms with Crippen molar-refractivity contribution in [3.05, 3.63) is 0 Å². The molecule has 0 heterocycles. The number of carbonyl (C=O) groups is 2. The number of hydrogen-bond acceptors (Lipinski definition) is 4. The van der Waals surface area contributed by atoms with Crippen LogP contribution in [0.15, 0.2) is 0 Å². The second-order valence-corrected chi connectivity index (χ2v) is 4.99. The van der Waals surface area contributed by atoms with E-state index >= 15 is 0 Å². The Labute approximate surface area is 93.6 Å². The maximum atomic E-state index is 11.1. The van der Waals surface area contributed by atoms with Gasteiger partial charge in [-0.1, -0.05) is 6.92 Å². The van der Waals surface area contributed by atoms with Crippen molar-refractivity contribution >= 4 is 22.0 Å². The van der Waals surface area contributed by atoms with Gasteiger partial charge in [0.25, 0.3) is 10.1 Å². The standard InChI is InChI=1S/C8H15NO6S/c1-6(8(11)12)2-3-7(10)9-4-5-16(13,14)15/h6H,2-5H2,1H3,(H,9,10)(H,11,12)(H,13,14,15)/t6-/m1/s1. The lowest BCUT2D eigenvalue weighted by Crippen LogP contribution is -2.29. The summed E-state index contributed by atoms with van der Waals surface area (Å²) in [5.74, 6) is -2.58. The number of amides is 1. The lowest BCUT2D eigenvalue weighted by atomic mass is 10.1. The van der Waals surface area contributed by atoms with E-state index in [1.165, 1.54) is 6.92 Å². The molecule has 0 aromatic carbocycles. The molecule has 0 aromatic rings. The van der Waals surface area contributed by atoms with E-state index in [-0.39, 0.29) is 19.4 Å². The van der Waals surface area contributed by atoms with E-state index in [2.05, 4.69) is 5.32 Å². The average Bonchev–Trinajstić information content (AvgIpc) is 2.11. The lowest BCUT2D eigenvalue weighted by Gasteiger charge is -2.06. The van der Waals surface area contributed by atoms with Crippen LogP contribution in [0.25, 0.3) is 0 Å². The van der Waals surface area contributed by atoms with Crippen molar-refractivity contribution in [3.63, 3.8) is 0 Å². The normalized spacial score (nSPS) is 13.1. The van der Waals surface area contributed by atoms with Crippen molar-refractivity contribution in [1.82, 2.24) is 5.32 Å². The smallest absolute Gasteiger partial charge is 0.306 e. The van der Waals surface area contributed by atoms with Crippen LogP contribution in [-0.4, -0.2) is 42.3 Å². The molecule has 0 rings (SSSR count). The third-order valence-corrected chi connectivity index (χ3v) is 2.63. The fraction of sp³-hybridized carbons (Fsp3) is 0.750. The predicted octanol–water partition coefficient (Wildman–Crippen LogP) is -0.509. The Morgan fingerprint density at radius 2 is 1.94 bits per heavy atom. The minimum absolute atomic E-state index is 0.0128. The van der Waals surface area contributed by atoms with Gasteiger partial charge in [-0.05, 0) is 6.42 Å². The minimum Gasteiger partial charge on any atom is -0.481 e. The lowest BCUT2D eigenvalue weighted by molar-refractivity contribution is -0.141. The summed E-state index contributed by atoms with van der Waals surface area (Å²) < 4.78 is 29.0. The van der Waals surface area contributed by atoms with Crippen molar-refractivity contribution in [1.29, 1.82) is 0 Å². The molecule has 3 N–H and O–H groups in total. The number of carboxylic acids is 1. The largest absolute Gasteiger partial charge is 0.481 e. The molecule has 94 valence electrons. The van der Waals surface area contributed by atoms with E-state index in [0.29, 0.717) is 0 Å². The van der Waals surface area contributed by atoms with Crippen molar-refractivity contribution < 1.29 is 27.7 Å². The maximum Gasteiger partial charge on any atom is 0.306 e. The topological polar surface area (TPSA) is 121 Å². The summed E-state index contributed by atoms with van der Waals surface area (Å²) in [6, 6.07) is 0. The van der Waals surface area contributed by atoms with Crippen molar-refractivity contribution in [2.24, 2.45) is 5.92 Å². The number of rotatable bonds is 7. The predicted molar refractivity (Wildman–Crippen MR) is 55.5 cm³/mol. The van der Waals surface area contributed by atoms with E-state index in [4.69, 9.17) is 9.66 Å². The van der Waals surface area contributed by atoms with Crippen LogP contribution in [0, 0.1) is 5.92 Å². The first kappa shape index (κ1) is 14.8. The highest BCUT2D eigenvalue weighted by molar-refractivity contribution is 7.85. The van der Waals surface area contributed by atoms with Gasteiger partial charge in [0.2, 0.25) is 5.91 Å². The third-order valence-electron chi connectivity index (χ3n) is 1.91. The van der Waals surface area contributed by atoms with Crippen LogP contribution >= 0.6 is 0 Å². The fourth-order valence-corrected chi connectivity index (χ4v) is 1.24. The van der Waals surface area contributed by atoms with E-state index < -0.39 is 33.7 Å². The fourth-order valence-electron chi connectivity index (χ4n) is 0.879. The first-order valence-electron chi connectivity index (χ1n) is 4.67. The highest BCUT2D eigenvalue weighted by Crippen LogP contribution is 2.04. The molecule has 1 atom stereocenters. The van der Waals surface area contributed by atoms with Gasteiger partial charge in [-0.2, -0.15) is 8.42 Å². The molecule has 0 aliphatic carbocycles. The Balaban J connectivity index is 3.72. The first-order valence-corrected chi connectivity index (χ1v) is 6.28. The Morgan fingerprint density at radius 3 is 2.38 bits per heavy atom. The number of nitrogens with one attached hydrogen (secondary N) is 1. The Kier molecular flexibility index (Phi) is 5.97. The third kappa shape index (κ3) is 8.18. The zero-order valence-corrected chi connectivity index (χ0v) is 9.66.